The number of imide groups is 1. The van der Waals surface area contributed by atoms with Crippen molar-refractivity contribution in [1.29, 1.82) is 0 Å². The van der Waals surface area contributed by atoms with Gasteiger partial charge in [-0.05, 0) is 18.4 Å². The Morgan fingerprint density at radius 3 is 2.52 bits per heavy atom. The van der Waals surface area contributed by atoms with Gasteiger partial charge in [0.05, 0.1) is 35.9 Å². The number of ether oxygens (including phenoxy) is 1. The molecule has 0 fully saturated rings. The summed E-state index contributed by atoms with van der Waals surface area (Å²) in [6.45, 7) is 1.41. The predicted molar refractivity (Wildman–Crippen MR) is 122 cm³/mol. The highest BCUT2D eigenvalue weighted by molar-refractivity contribution is 7.98. The maximum Gasteiger partial charge on any atom is 0.262 e. The van der Waals surface area contributed by atoms with Crippen LogP contribution >= 0.6 is 11.8 Å². The maximum absolute atomic E-state index is 12.4. The molecule has 3 aromatic rings. The summed E-state index contributed by atoms with van der Waals surface area (Å²) >= 11 is 1.42. The first-order valence-electron chi connectivity index (χ1n) is 10.3. The van der Waals surface area contributed by atoms with Crippen LogP contribution < -0.4 is 10.6 Å². The number of aromatic nitrogens is 4. The normalized spacial score (nSPS) is 13.0. The molecule has 0 spiro atoms. The summed E-state index contributed by atoms with van der Waals surface area (Å²) in [4.78, 5) is 47.2. The van der Waals surface area contributed by atoms with E-state index >= 15 is 0 Å². The smallest absolute Gasteiger partial charge is 0.262 e. The van der Waals surface area contributed by atoms with Gasteiger partial charge in [-0.25, -0.2) is 14.6 Å². The molecule has 2 aromatic heterocycles. The van der Waals surface area contributed by atoms with E-state index < -0.39 is 17.7 Å². The molecule has 3 heterocycles. The predicted octanol–water partition coefficient (Wildman–Crippen LogP) is 1.02. The number of thioether (sulfide) groups is 1. The van der Waals surface area contributed by atoms with Crippen molar-refractivity contribution in [3.05, 3.63) is 41.6 Å². The molecule has 33 heavy (non-hydrogen) atoms. The van der Waals surface area contributed by atoms with Gasteiger partial charge in [0.25, 0.3) is 11.8 Å². The quantitative estimate of drug-likeness (QED) is 0.193. The fourth-order valence-electron chi connectivity index (χ4n) is 3.48. The Morgan fingerprint density at radius 2 is 1.85 bits per heavy atom. The number of hydrogen-bond acceptors (Lipinski definition) is 9. The molecule has 0 saturated heterocycles. The monoisotopic (exact) mass is 469 g/mol. The molecule has 0 saturated carbocycles. The fraction of sp³-hybridized carbons (Fsp3) is 0.333. The van der Waals surface area contributed by atoms with Crippen LogP contribution in [-0.4, -0.2) is 82.0 Å². The Bertz CT molecular complexity index is 1180. The summed E-state index contributed by atoms with van der Waals surface area (Å²) < 4.78 is 6.76. The highest BCUT2D eigenvalue weighted by atomic mass is 32.2. The van der Waals surface area contributed by atoms with E-state index in [4.69, 9.17) is 4.74 Å². The summed E-state index contributed by atoms with van der Waals surface area (Å²) in [6, 6.07) is 6.54. The van der Waals surface area contributed by atoms with Crippen LogP contribution in [0.25, 0.3) is 11.0 Å². The number of hydrogen-bond donors (Lipinski definition) is 2. The zero-order valence-corrected chi connectivity index (χ0v) is 19.0. The Hall–Kier alpha value is -3.51. The number of anilines is 1. The molecule has 1 aliphatic rings. The number of carbonyl (C=O) groups is 3. The number of fused-ring (bicyclic) bond motifs is 2. The molecule has 12 heteroatoms. The van der Waals surface area contributed by atoms with Crippen molar-refractivity contribution in [2.24, 2.45) is 0 Å². The maximum atomic E-state index is 12.4. The second-order valence-electron chi connectivity index (χ2n) is 7.18. The molecule has 0 bridgehead atoms. The van der Waals surface area contributed by atoms with Crippen molar-refractivity contribution in [2.75, 3.05) is 44.9 Å². The van der Waals surface area contributed by atoms with E-state index in [1.807, 2.05) is 6.26 Å². The number of amides is 3. The lowest BCUT2D eigenvalue weighted by molar-refractivity contribution is -0.121. The number of nitrogens with zero attached hydrogens (tertiary/aromatic N) is 5. The minimum atomic E-state index is -0.460. The molecule has 1 aliphatic heterocycles. The Morgan fingerprint density at radius 1 is 1.12 bits per heavy atom. The van der Waals surface area contributed by atoms with Crippen LogP contribution in [0.4, 0.5) is 5.82 Å². The second-order valence-corrected chi connectivity index (χ2v) is 7.95. The fourth-order valence-corrected chi connectivity index (χ4v) is 3.84. The van der Waals surface area contributed by atoms with Crippen molar-refractivity contribution >= 4 is 46.3 Å². The molecule has 0 radical (unpaired) electrons. The largest absolute Gasteiger partial charge is 0.383 e. The van der Waals surface area contributed by atoms with Gasteiger partial charge in [0.2, 0.25) is 5.91 Å². The summed E-state index contributed by atoms with van der Waals surface area (Å²) in [7, 11) is 1.63. The van der Waals surface area contributed by atoms with Gasteiger partial charge in [-0.15, -0.1) is 0 Å². The first-order valence-corrected chi connectivity index (χ1v) is 11.5. The SMILES string of the molecule is COCCNc1nc(SC)nc2c1cnn2CCNC(=O)CN1C(=O)c2ccccc2C1=O. The zero-order valence-electron chi connectivity index (χ0n) is 18.2. The lowest BCUT2D eigenvalue weighted by Crippen LogP contribution is -2.41. The summed E-state index contributed by atoms with van der Waals surface area (Å²) in [5.41, 5.74) is 1.28. The van der Waals surface area contributed by atoms with E-state index in [1.54, 1.807) is 42.3 Å². The van der Waals surface area contributed by atoms with Gasteiger partial charge in [0, 0.05) is 20.2 Å². The van der Waals surface area contributed by atoms with Crippen molar-refractivity contribution in [1.82, 2.24) is 30.0 Å². The third kappa shape index (κ3) is 4.66. The first-order chi connectivity index (χ1) is 16.0. The van der Waals surface area contributed by atoms with Crippen molar-refractivity contribution in [3.63, 3.8) is 0 Å². The van der Waals surface area contributed by atoms with E-state index in [0.29, 0.717) is 47.4 Å². The summed E-state index contributed by atoms with van der Waals surface area (Å²) in [5, 5.41) is 11.7. The minimum absolute atomic E-state index is 0.254. The molecule has 11 nitrogen and oxygen atoms in total. The van der Waals surface area contributed by atoms with E-state index in [0.717, 1.165) is 10.3 Å². The van der Waals surface area contributed by atoms with Gasteiger partial charge >= 0.3 is 0 Å². The van der Waals surface area contributed by atoms with Crippen molar-refractivity contribution in [3.8, 4) is 0 Å². The number of benzene rings is 1. The van der Waals surface area contributed by atoms with Gasteiger partial charge in [-0.2, -0.15) is 5.10 Å². The highest BCUT2D eigenvalue weighted by Gasteiger charge is 2.36. The zero-order chi connectivity index (χ0) is 23.4. The van der Waals surface area contributed by atoms with Crippen LogP contribution in [0.2, 0.25) is 0 Å². The van der Waals surface area contributed by atoms with E-state index in [-0.39, 0.29) is 13.1 Å². The first kappa shape index (κ1) is 22.7. The van der Waals surface area contributed by atoms with Gasteiger partial charge in [0.15, 0.2) is 10.8 Å². The summed E-state index contributed by atoms with van der Waals surface area (Å²) in [6.07, 6.45) is 3.56. The molecule has 2 N–H and O–H groups in total. The van der Waals surface area contributed by atoms with Crippen LogP contribution in [0, 0.1) is 0 Å². The molecular formula is C21H23N7O4S. The number of methoxy groups -OCH3 is 1. The van der Waals surface area contributed by atoms with Crippen LogP contribution in [0.15, 0.2) is 35.6 Å². The molecular weight excluding hydrogens is 446 g/mol. The molecule has 4 rings (SSSR count). The number of rotatable bonds is 10. The molecule has 3 amide bonds. The minimum Gasteiger partial charge on any atom is -0.383 e. The molecule has 172 valence electrons. The molecule has 0 atom stereocenters. The van der Waals surface area contributed by atoms with Crippen LogP contribution in [-0.2, 0) is 16.1 Å². The van der Waals surface area contributed by atoms with Crippen LogP contribution in [0.3, 0.4) is 0 Å². The third-order valence-corrected chi connectivity index (χ3v) is 5.63. The standard InChI is InChI=1S/C21H23N7O4S/c1-32-10-8-23-17-15-11-24-28(18(15)26-21(25-17)33-2)9-7-22-16(29)12-27-19(30)13-5-3-4-6-14(13)20(27)31/h3-6,11H,7-10,12H2,1-2H3,(H,22,29)(H,23,25,26). The second kappa shape index (κ2) is 9.96. The van der Waals surface area contributed by atoms with Crippen molar-refractivity contribution < 1.29 is 19.1 Å². The van der Waals surface area contributed by atoms with E-state index in [2.05, 4.69) is 25.7 Å². The number of carbonyl (C=O) groups excluding carboxylic acids is 3. The third-order valence-electron chi connectivity index (χ3n) is 5.08. The summed E-state index contributed by atoms with van der Waals surface area (Å²) in [5.74, 6) is -0.679. The molecule has 0 unspecified atom stereocenters. The lowest BCUT2D eigenvalue weighted by atomic mass is 10.1. The Kier molecular flexibility index (Phi) is 6.84. The number of nitrogens with one attached hydrogen (secondary N) is 2. The van der Waals surface area contributed by atoms with E-state index in [9.17, 15) is 14.4 Å². The Labute approximate surface area is 193 Å². The lowest BCUT2D eigenvalue weighted by Gasteiger charge is -2.13. The van der Waals surface area contributed by atoms with Gasteiger partial charge in [-0.1, -0.05) is 23.9 Å². The van der Waals surface area contributed by atoms with Gasteiger partial charge in [-0.3, -0.25) is 19.3 Å². The molecule has 1 aromatic carbocycles. The Balaban J connectivity index is 1.38. The molecule has 0 aliphatic carbocycles. The topological polar surface area (TPSA) is 131 Å². The van der Waals surface area contributed by atoms with Crippen LogP contribution in [0.1, 0.15) is 20.7 Å². The average Bonchev–Trinajstić information content (AvgIpc) is 3.34. The van der Waals surface area contributed by atoms with Gasteiger partial charge in [0.1, 0.15) is 12.4 Å². The van der Waals surface area contributed by atoms with Gasteiger partial charge < -0.3 is 15.4 Å². The van der Waals surface area contributed by atoms with E-state index in [1.165, 1.54) is 11.8 Å². The van der Waals surface area contributed by atoms with Crippen molar-refractivity contribution in [2.45, 2.75) is 11.7 Å². The highest BCUT2D eigenvalue weighted by Crippen LogP contribution is 2.24. The van der Waals surface area contributed by atoms with Crippen LogP contribution in [0.5, 0.6) is 0 Å². The average molecular weight is 470 g/mol.